The van der Waals surface area contributed by atoms with Crippen molar-refractivity contribution < 1.29 is 4.74 Å². The molecule has 106 valence electrons. The molecule has 0 saturated heterocycles. The molecule has 1 aromatic heterocycles. The van der Waals surface area contributed by atoms with Crippen molar-refractivity contribution >= 4 is 5.82 Å². The summed E-state index contributed by atoms with van der Waals surface area (Å²) in [5.41, 5.74) is 2.08. The largest absolute Gasteiger partial charge is 0.469 e. The average Bonchev–Trinajstić information content (AvgIpc) is 2.49. The van der Waals surface area contributed by atoms with Crippen molar-refractivity contribution in [3.05, 3.63) is 47.8 Å². The van der Waals surface area contributed by atoms with Gasteiger partial charge >= 0.3 is 0 Å². The van der Waals surface area contributed by atoms with Crippen LogP contribution in [0.5, 0.6) is 5.88 Å². The maximum absolute atomic E-state index is 5.96. The highest BCUT2D eigenvalue weighted by Gasteiger charge is 2.12. The van der Waals surface area contributed by atoms with E-state index in [0.717, 1.165) is 29.9 Å². The zero-order valence-electron chi connectivity index (χ0n) is 12.3. The highest BCUT2D eigenvalue weighted by atomic mass is 16.5. The van der Waals surface area contributed by atoms with Crippen LogP contribution >= 0.6 is 0 Å². The molecule has 2 rings (SSSR count). The molecule has 1 aromatic carbocycles. The second-order valence-electron chi connectivity index (χ2n) is 4.75. The first kappa shape index (κ1) is 14.3. The van der Waals surface area contributed by atoms with E-state index in [4.69, 9.17) is 4.74 Å². The molecular formula is C16H21N3O. The van der Waals surface area contributed by atoms with Crippen LogP contribution < -0.4 is 10.1 Å². The molecular weight excluding hydrogens is 250 g/mol. The molecule has 4 heteroatoms. The van der Waals surface area contributed by atoms with Gasteiger partial charge in [-0.05, 0) is 25.8 Å². The van der Waals surface area contributed by atoms with E-state index in [0.29, 0.717) is 5.88 Å². The molecule has 0 fully saturated rings. The van der Waals surface area contributed by atoms with Crippen molar-refractivity contribution in [2.45, 2.75) is 33.3 Å². The van der Waals surface area contributed by atoms with Crippen molar-refractivity contribution in [2.24, 2.45) is 0 Å². The van der Waals surface area contributed by atoms with Gasteiger partial charge in [0.2, 0.25) is 5.88 Å². The van der Waals surface area contributed by atoms with E-state index >= 15 is 0 Å². The van der Waals surface area contributed by atoms with Gasteiger partial charge in [-0.15, -0.1) is 0 Å². The summed E-state index contributed by atoms with van der Waals surface area (Å²) in [5, 5.41) is 3.28. The van der Waals surface area contributed by atoms with Gasteiger partial charge in [0.05, 0.1) is 5.56 Å². The van der Waals surface area contributed by atoms with Crippen molar-refractivity contribution in [3.63, 3.8) is 0 Å². The summed E-state index contributed by atoms with van der Waals surface area (Å²) in [6.45, 7) is 7.02. The average molecular weight is 271 g/mol. The molecule has 0 aliphatic heterocycles. The number of hydrogen-bond acceptors (Lipinski definition) is 4. The first-order valence-corrected chi connectivity index (χ1v) is 6.99. The van der Waals surface area contributed by atoms with Crippen molar-refractivity contribution in [2.75, 3.05) is 11.9 Å². The van der Waals surface area contributed by atoms with Crippen LogP contribution in [0.15, 0.2) is 36.7 Å². The maximum atomic E-state index is 5.96. The lowest BCUT2D eigenvalue weighted by Gasteiger charge is -2.17. The van der Waals surface area contributed by atoms with Gasteiger partial charge in [0.15, 0.2) is 0 Å². The SMILES string of the molecule is CCCNc1ncnc(OC(C)c2ccccc2)c1C. The van der Waals surface area contributed by atoms with Crippen LogP contribution in [0.3, 0.4) is 0 Å². The maximum Gasteiger partial charge on any atom is 0.222 e. The lowest BCUT2D eigenvalue weighted by atomic mass is 10.1. The Bertz CT molecular complexity index is 543. The number of ether oxygens (including phenoxy) is 1. The first-order valence-electron chi connectivity index (χ1n) is 6.99. The summed E-state index contributed by atoms with van der Waals surface area (Å²) in [6, 6.07) is 10.1. The van der Waals surface area contributed by atoms with Gasteiger partial charge in [-0.1, -0.05) is 37.3 Å². The number of anilines is 1. The molecule has 1 atom stereocenters. The topological polar surface area (TPSA) is 47.0 Å². The molecule has 20 heavy (non-hydrogen) atoms. The van der Waals surface area contributed by atoms with Crippen molar-refractivity contribution in [1.82, 2.24) is 9.97 Å². The van der Waals surface area contributed by atoms with E-state index in [-0.39, 0.29) is 6.10 Å². The summed E-state index contributed by atoms with van der Waals surface area (Å²) < 4.78 is 5.96. The third kappa shape index (κ3) is 3.47. The first-order chi connectivity index (χ1) is 9.72. The Morgan fingerprint density at radius 3 is 2.65 bits per heavy atom. The lowest BCUT2D eigenvalue weighted by Crippen LogP contribution is -2.09. The van der Waals surface area contributed by atoms with Gasteiger partial charge in [-0.3, -0.25) is 0 Å². The third-order valence-corrected chi connectivity index (χ3v) is 3.14. The quantitative estimate of drug-likeness (QED) is 0.869. The van der Waals surface area contributed by atoms with E-state index in [9.17, 15) is 0 Å². The Labute approximate surface area is 120 Å². The zero-order valence-corrected chi connectivity index (χ0v) is 12.3. The smallest absolute Gasteiger partial charge is 0.222 e. The molecule has 1 heterocycles. The predicted octanol–water partition coefficient (Wildman–Crippen LogP) is 3.75. The number of hydrogen-bond donors (Lipinski definition) is 1. The van der Waals surface area contributed by atoms with E-state index in [1.165, 1.54) is 6.33 Å². The summed E-state index contributed by atoms with van der Waals surface area (Å²) in [5.74, 6) is 1.48. The molecule has 0 amide bonds. The second-order valence-corrected chi connectivity index (χ2v) is 4.75. The normalized spacial score (nSPS) is 11.9. The van der Waals surface area contributed by atoms with E-state index in [1.807, 2.05) is 32.0 Å². The van der Waals surface area contributed by atoms with Crippen molar-refractivity contribution in [3.8, 4) is 5.88 Å². The van der Waals surface area contributed by atoms with Crippen LogP contribution in [-0.2, 0) is 0 Å². The Morgan fingerprint density at radius 1 is 1.20 bits per heavy atom. The Hall–Kier alpha value is -2.10. The summed E-state index contributed by atoms with van der Waals surface area (Å²) >= 11 is 0. The van der Waals surface area contributed by atoms with Gasteiger partial charge in [0.25, 0.3) is 0 Å². The molecule has 1 unspecified atom stereocenters. The van der Waals surface area contributed by atoms with Crippen LogP contribution in [0.4, 0.5) is 5.82 Å². The fourth-order valence-electron chi connectivity index (χ4n) is 1.93. The van der Waals surface area contributed by atoms with Crippen LogP contribution in [-0.4, -0.2) is 16.5 Å². The van der Waals surface area contributed by atoms with E-state index in [1.54, 1.807) is 0 Å². The number of nitrogens with one attached hydrogen (secondary N) is 1. The molecule has 0 aliphatic carbocycles. The molecule has 0 bridgehead atoms. The summed E-state index contributed by atoms with van der Waals surface area (Å²) in [7, 11) is 0. The molecule has 1 N–H and O–H groups in total. The highest BCUT2D eigenvalue weighted by Crippen LogP contribution is 2.25. The zero-order chi connectivity index (χ0) is 14.4. The standard InChI is InChI=1S/C16H21N3O/c1-4-10-17-15-12(2)16(19-11-18-15)20-13(3)14-8-6-5-7-9-14/h5-9,11,13H,4,10H2,1-3H3,(H,17,18,19). The number of aromatic nitrogens is 2. The fraction of sp³-hybridized carbons (Fsp3) is 0.375. The van der Waals surface area contributed by atoms with Gasteiger partial charge in [0.1, 0.15) is 18.2 Å². The molecule has 2 aromatic rings. The fourth-order valence-corrected chi connectivity index (χ4v) is 1.93. The van der Waals surface area contributed by atoms with Gasteiger partial charge in [-0.2, -0.15) is 0 Å². The van der Waals surface area contributed by atoms with E-state index < -0.39 is 0 Å². The predicted molar refractivity (Wildman–Crippen MR) is 81.0 cm³/mol. The molecule has 0 radical (unpaired) electrons. The van der Waals surface area contributed by atoms with Crippen LogP contribution in [0.25, 0.3) is 0 Å². The van der Waals surface area contributed by atoms with Crippen molar-refractivity contribution in [1.29, 1.82) is 0 Å². The molecule has 0 aliphatic rings. The van der Waals surface area contributed by atoms with Gasteiger partial charge < -0.3 is 10.1 Å². The molecule has 0 spiro atoms. The minimum absolute atomic E-state index is 0.0381. The minimum Gasteiger partial charge on any atom is -0.469 e. The molecule has 0 saturated carbocycles. The number of benzene rings is 1. The lowest BCUT2D eigenvalue weighted by molar-refractivity contribution is 0.215. The number of rotatable bonds is 6. The Morgan fingerprint density at radius 2 is 1.95 bits per heavy atom. The second kappa shape index (κ2) is 6.89. The third-order valence-electron chi connectivity index (χ3n) is 3.14. The highest BCUT2D eigenvalue weighted by molar-refractivity contribution is 5.47. The van der Waals surface area contributed by atoms with Gasteiger partial charge in [-0.25, -0.2) is 9.97 Å². The summed E-state index contributed by atoms with van der Waals surface area (Å²) in [4.78, 5) is 8.49. The van der Waals surface area contributed by atoms with Crippen LogP contribution in [0.1, 0.15) is 37.5 Å². The number of nitrogens with zero attached hydrogens (tertiary/aromatic N) is 2. The Kier molecular flexibility index (Phi) is 4.93. The summed E-state index contributed by atoms with van der Waals surface area (Å²) in [6.07, 6.45) is 2.56. The van der Waals surface area contributed by atoms with E-state index in [2.05, 4.69) is 34.3 Å². The minimum atomic E-state index is -0.0381. The van der Waals surface area contributed by atoms with Crippen LogP contribution in [0, 0.1) is 6.92 Å². The Balaban J connectivity index is 2.13. The van der Waals surface area contributed by atoms with Gasteiger partial charge in [0, 0.05) is 6.54 Å². The molecule has 4 nitrogen and oxygen atoms in total. The monoisotopic (exact) mass is 271 g/mol. The van der Waals surface area contributed by atoms with Crippen LogP contribution in [0.2, 0.25) is 0 Å².